The van der Waals surface area contributed by atoms with Crippen molar-refractivity contribution in [2.45, 2.75) is 19.1 Å². The van der Waals surface area contributed by atoms with Gasteiger partial charge >= 0.3 is 18.0 Å². The molecule has 3 N–H and O–H groups in total. The fourth-order valence-corrected chi connectivity index (χ4v) is 2.24. The van der Waals surface area contributed by atoms with E-state index in [4.69, 9.17) is 10.5 Å². The molecule has 0 aliphatic rings. The van der Waals surface area contributed by atoms with Gasteiger partial charge in [0.1, 0.15) is 12.6 Å². The first-order valence-electron chi connectivity index (χ1n) is 6.86. The first kappa shape index (κ1) is 18.8. The third kappa shape index (κ3) is 6.60. The van der Waals surface area contributed by atoms with E-state index in [0.717, 1.165) is 0 Å². The normalized spacial score (nSPS) is 11.4. The van der Waals surface area contributed by atoms with Crippen LogP contribution in [0.2, 0.25) is 0 Å². The number of carbonyl (C=O) groups is 3. The van der Waals surface area contributed by atoms with E-state index in [-0.39, 0.29) is 6.61 Å². The molecule has 126 valence electrons. The summed E-state index contributed by atoms with van der Waals surface area (Å²) >= 11 is 1.55. The van der Waals surface area contributed by atoms with Crippen LogP contribution < -0.4 is 11.1 Å². The number of nitrogens with one attached hydrogen (secondary N) is 1. The van der Waals surface area contributed by atoms with Crippen LogP contribution in [0.5, 0.6) is 0 Å². The molecule has 7 nitrogen and oxygen atoms in total. The van der Waals surface area contributed by atoms with Gasteiger partial charge in [-0.3, -0.25) is 0 Å². The van der Waals surface area contributed by atoms with Gasteiger partial charge in [0.05, 0.1) is 12.7 Å². The predicted octanol–water partition coefficient (Wildman–Crippen LogP) is 1.31. The van der Waals surface area contributed by atoms with Gasteiger partial charge < -0.3 is 20.5 Å². The van der Waals surface area contributed by atoms with Gasteiger partial charge in [0.15, 0.2) is 0 Å². The number of amides is 2. The Kier molecular flexibility index (Phi) is 7.96. The maximum Gasteiger partial charge on any atom is 0.337 e. The molecule has 1 aromatic carbocycles. The summed E-state index contributed by atoms with van der Waals surface area (Å²) in [6.45, 7) is 0.0382. The molecule has 1 rings (SSSR count). The number of urea groups is 1. The number of ether oxygens (including phenoxy) is 2. The molecular weight excluding hydrogens is 320 g/mol. The van der Waals surface area contributed by atoms with Gasteiger partial charge in [0.2, 0.25) is 0 Å². The molecule has 0 aliphatic carbocycles. The van der Waals surface area contributed by atoms with Crippen molar-refractivity contribution in [3.63, 3.8) is 0 Å². The average molecular weight is 340 g/mol. The lowest BCUT2D eigenvalue weighted by Gasteiger charge is -2.16. The molecule has 0 unspecified atom stereocenters. The zero-order valence-corrected chi connectivity index (χ0v) is 13.9. The van der Waals surface area contributed by atoms with Gasteiger partial charge in [-0.15, -0.1) is 0 Å². The van der Waals surface area contributed by atoms with Crippen LogP contribution in [0.3, 0.4) is 0 Å². The minimum atomic E-state index is -0.769. The third-order valence-electron chi connectivity index (χ3n) is 2.97. The fourth-order valence-electron chi connectivity index (χ4n) is 1.77. The van der Waals surface area contributed by atoms with Crippen molar-refractivity contribution in [1.29, 1.82) is 0 Å². The Morgan fingerprint density at radius 2 is 1.91 bits per heavy atom. The van der Waals surface area contributed by atoms with Crippen LogP contribution in [-0.2, 0) is 20.9 Å². The van der Waals surface area contributed by atoms with Gasteiger partial charge in [-0.25, -0.2) is 14.4 Å². The van der Waals surface area contributed by atoms with Crippen molar-refractivity contribution in [3.8, 4) is 0 Å². The molecule has 23 heavy (non-hydrogen) atoms. The zero-order valence-electron chi connectivity index (χ0n) is 13.0. The van der Waals surface area contributed by atoms with Crippen LogP contribution >= 0.6 is 11.8 Å². The number of thioether (sulfide) groups is 1. The van der Waals surface area contributed by atoms with Crippen LogP contribution in [-0.4, -0.2) is 43.1 Å². The first-order chi connectivity index (χ1) is 11.0. The Labute approximate surface area is 138 Å². The smallest absolute Gasteiger partial charge is 0.337 e. The van der Waals surface area contributed by atoms with E-state index in [9.17, 15) is 14.4 Å². The second-order valence-corrected chi connectivity index (χ2v) is 5.62. The summed E-state index contributed by atoms with van der Waals surface area (Å²) in [4.78, 5) is 34.3. The van der Waals surface area contributed by atoms with Crippen molar-refractivity contribution >= 4 is 29.7 Å². The van der Waals surface area contributed by atoms with E-state index < -0.39 is 24.0 Å². The van der Waals surface area contributed by atoms with E-state index in [2.05, 4.69) is 10.1 Å². The van der Waals surface area contributed by atoms with Crippen molar-refractivity contribution < 1.29 is 23.9 Å². The minimum Gasteiger partial charge on any atom is -0.465 e. The lowest BCUT2D eigenvalue weighted by molar-refractivity contribution is -0.147. The number of carbonyl (C=O) groups excluding carboxylic acids is 3. The van der Waals surface area contributed by atoms with Crippen LogP contribution in [0.25, 0.3) is 0 Å². The lowest BCUT2D eigenvalue weighted by Crippen LogP contribution is -2.44. The zero-order chi connectivity index (χ0) is 17.2. The van der Waals surface area contributed by atoms with Crippen LogP contribution in [0.1, 0.15) is 22.3 Å². The number of hydrogen-bond acceptors (Lipinski definition) is 6. The van der Waals surface area contributed by atoms with Crippen molar-refractivity contribution in [3.05, 3.63) is 35.4 Å². The number of methoxy groups -OCH3 is 1. The van der Waals surface area contributed by atoms with E-state index in [1.165, 1.54) is 7.11 Å². The Morgan fingerprint density at radius 3 is 2.43 bits per heavy atom. The molecule has 0 aliphatic heterocycles. The molecule has 0 saturated carbocycles. The first-order valence-corrected chi connectivity index (χ1v) is 8.26. The number of benzene rings is 1. The molecule has 0 heterocycles. The topological polar surface area (TPSA) is 108 Å². The number of primary amides is 1. The summed E-state index contributed by atoms with van der Waals surface area (Å²) in [6, 6.07) is 4.96. The number of esters is 2. The molecule has 0 saturated heterocycles. The molecule has 1 atom stereocenters. The fraction of sp³-hybridized carbons (Fsp3) is 0.400. The van der Waals surface area contributed by atoms with E-state index in [0.29, 0.717) is 23.3 Å². The highest BCUT2D eigenvalue weighted by molar-refractivity contribution is 7.98. The summed E-state index contributed by atoms with van der Waals surface area (Å²) in [5.74, 6) is -0.292. The second-order valence-electron chi connectivity index (χ2n) is 4.64. The standard InChI is InChI=1S/C15H20N2O5S/c1-21-13(18)11-5-3-10(4-6-11)9-22-14(19)12(7-8-23-2)17-15(16)20/h3-6,12H,7-9H2,1-2H3,(H3,16,17,20)/t12-/m0/s1. The van der Waals surface area contributed by atoms with E-state index in [1.54, 1.807) is 36.0 Å². The summed E-state index contributed by atoms with van der Waals surface area (Å²) < 4.78 is 9.78. The molecule has 0 bridgehead atoms. The molecular formula is C15H20N2O5S. The summed E-state index contributed by atoms with van der Waals surface area (Å²) in [7, 11) is 1.30. The molecule has 1 aromatic rings. The van der Waals surface area contributed by atoms with Gasteiger partial charge in [0, 0.05) is 0 Å². The van der Waals surface area contributed by atoms with Crippen molar-refractivity contribution in [1.82, 2.24) is 5.32 Å². The maximum absolute atomic E-state index is 12.0. The molecule has 0 radical (unpaired) electrons. The molecule has 2 amide bonds. The summed E-state index contributed by atoms with van der Waals surface area (Å²) in [6.07, 6.45) is 2.33. The molecule has 8 heteroatoms. The van der Waals surface area contributed by atoms with Gasteiger partial charge in [0.25, 0.3) is 0 Å². The Morgan fingerprint density at radius 1 is 1.26 bits per heavy atom. The highest BCUT2D eigenvalue weighted by Gasteiger charge is 2.21. The quantitative estimate of drug-likeness (QED) is 0.691. The monoisotopic (exact) mass is 340 g/mol. The van der Waals surface area contributed by atoms with Crippen LogP contribution in [0.15, 0.2) is 24.3 Å². The van der Waals surface area contributed by atoms with Crippen LogP contribution in [0.4, 0.5) is 4.79 Å². The molecule has 0 aromatic heterocycles. The van der Waals surface area contributed by atoms with Crippen molar-refractivity contribution in [2.75, 3.05) is 19.1 Å². The Hall–Kier alpha value is -2.22. The SMILES string of the molecule is COC(=O)c1ccc(COC(=O)[C@H](CCSC)NC(N)=O)cc1. The molecule has 0 spiro atoms. The minimum absolute atomic E-state index is 0.0382. The van der Waals surface area contributed by atoms with E-state index in [1.807, 2.05) is 6.26 Å². The number of nitrogens with two attached hydrogens (primary N) is 1. The lowest BCUT2D eigenvalue weighted by atomic mass is 10.1. The highest BCUT2D eigenvalue weighted by Crippen LogP contribution is 2.09. The Bertz CT molecular complexity index is 547. The average Bonchev–Trinajstić information content (AvgIpc) is 2.55. The number of hydrogen-bond donors (Lipinski definition) is 2. The van der Waals surface area contributed by atoms with Crippen LogP contribution in [0, 0.1) is 0 Å². The molecule has 0 fully saturated rings. The maximum atomic E-state index is 12.0. The number of rotatable bonds is 8. The van der Waals surface area contributed by atoms with Gasteiger partial charge in [-0.05, 0) is 36.1 Å². The summed E-state index contributed by atoms with van der Waals surface area (Å²) in [5, 5.41) is 2.37. The highest BCUT2D eigenvalue weighted by atomic mass is 32.2. The Balaban J connectivity index is 2.58. The second kappa shape index (κ2) is 9.73. The van der Waals surface area contributed by atoms with Crippen molar-refractivity contribution in [2.24, 2.45) is 5.73 Å². The van der Waals surface area contributed by atoms with E-state index >= 15 is 0 Å². The largest absolute Gasteiger partial charge is 0.465 e. The van der Waals surface area contributed by atoms with Gasteiger partial charge in [-0.2, -0.15) is 11.8 Å². The third-order valence-corrected chi connectivity index (χ3v) is 3.61. The predicted molar refractivity (Wildman–Crippen MR) is 87.1 cm³/mol. The van der Waals surface area contributed by atoms with Gasteiger partial charge in [-0.1, -0.05) is 12.1 Å². The summed E-state index contributed by atoms with van der Waals surface area (Å²) in [5.41, 5.74) is 6.19.